The maximum absolute atomic E-state index is 3.88. The van der Waals surface area contributed by atoms with Gasteiger partial charge in [-0.15, -0.1) is 11.3 Å². The second kappa shape index (κ2) is 6.55. The molecule has 1 aliphatic carbocycles. The van der Waals surface area contributed by atoms with Crippen LogP contribution in [0.2, 0.25) is 0 Å². The minimum absolute atomic E-state index is 0.462. The molecule has 1 aromatic heterocycles. The second-order valence-corrected chi connectivity index (χ2v) is 6.79. The molecule has 1 nitrogen and oxygen atoms in total. The van der Waals surface area contributed by atoms with Crippen molar-refractivity contribution in [2.45, 2.75) is 50.6 Å². The van der Waals surface area contributed by atoms with Gasteiger partial charge in [-0.25, -0.2) is 0 Å². The lowest BCUT2D eigenvalue weighted by Crippen LogP contribution is -2.38. The quantitative estimate of drug-likeness (QED) is 0.821. The van der Waals surface area contributed by atoms with Gasteiger partial charge in [-0.05, 0) is 42.7 Å². The molecule has 2 aromatic rings. The van der Waals surface area contributed by atoms with Gasteiger partial charge in [0.05, 0.1) is 0 Å². The van der Waals surface area contributed by atoms with Gasteiger partial charge in [0.25, 0.3) is 0 Å². The van der Waals surface area contributed by atoms with Crippen LogP contribution < -0.4 is 5.32 Å². The number of rotatable bonds is 4. The van der Waals surface area contributed by atoms with Crippen molar-refractivity contribution in [2.24, 2.45) is 0 Å². The number of thiophene rings is 1. The highest BCUT2D eigenvalue weighted by atomic mass is 32.1. The van der Waals surface area contributed by atoms with Crippen LogP contribution in [0.4, 0.5) is 0 Å². The zero-order valence-corrected chi connectivity index (χ0v) is 12.9. The molecule has 0 aliphatic heterocycles. The van der Waals surface area contributed by atoms with E-state index in [1.54, 1.807) is 0 Å². The Hall–Kier alpha value is -1.12. The number of hydrogen-bond acceptors (Lipinski definition) is 2. The summed E-state index contributed by atoms with van der Waals surface area (Å²) in [5.74, 6) is 0.673. The molecular formula is C18H23NS. The van der Waals surface area contributed by atoms with Gasteiger partial charge in [0.1, 0.15) is 0 Å². The van der Waals surface area contributed by atoms with E-state index in [2.05, 4.69) is 60.1 Å². The Kier molecular flexibility index (Phi) is 4.54. The molecule has 3 rings (SSSR count). The van der Waals surface area contributed by atoms with Crippen LogP contribution in [0.25, 0.3) is 0 Å². The van der Waals surface area contributed by atoms with Gasteiger partial charge in [-0.1, -0.05) is 49.2 Å². The van der Waals surface area contributed by atoms with Crippen molar-refractivity contribution >= 4 is 11.3 Å². The predicted molar refractivity (Wildman–Crippen MR) is 87.3 cm³/mol. The Morgan fingerprint density at radius 1 is 1.05 bits per heavy atom. The number of hydrogen-bond donors (Lipinski definition) is 1. The average Bonchev–Trinajstić information content (AvgIpc) is 3.03. The highest BCUT2D eigenvalue weighted by Gasteiger charge is 2.27. The molecule has 1 aromatic carbocycles. The molecule has 2 heteroatoms. The molecule has 0 amide bonds. The lowest BCUT2D eigenvalue weighted by atomic mass is 9.79. The van der Waals surface area contributed by atoms with Crippen LogP contribution in [0, 0.1) is 0 Å². The molecule has 1 saturated carbocycles. The molecule has 0 saturated heterocycles. The summed E-state index contributed by atoms with van der Waals surface area (Å²) in [6.07, 6.45) is 5.34. The smallest absolute Gasteiger partial charge is 0.0388 e. The van der Waals surface area contributed by atoms with E-state index in [0.29, 0.717) is 18.0 Å². The van der Waals surface area contributed by atoms with Gasteiger partial charge >= 0.3 is 0 Å². The molecule has 20 heavy (non-hydrogen) atoms. The van der Waals surface area contributed by atoms with Crippen LogP contribution in [-0.2, 0) is 0 Å². The molecule has 3 atom stereocenters. The van der Waals surface area contributed by atoms with E-state index in [1.165, 1.54) is 36.1 Å². The molecular weight excluding hydrogens is 262 g/mol. The zero-order chi connectivity index (χ0) is 13.8. The Balaban J connectivity index is 1.73. The summed E-state index contributed by atoms with van der Waals surface area (Å²) >= 11 is 1.85. The van der Waals surface area contributed by atoms with Crippen LogP contribution in [-0.4, -0.2) is 6.04 Å². The largest absolute Gasteiger partial charge is 0.306 e. The maximum atomic E-state index is 3.88. The normalized spacial score (nSPS) is 24.4. The summed E-state index contributed by atoms with van der Waals surface area (Å²) in [5.41, 5.74) is 1.50. The third kappa shape index (κ3) is 3.13. The lowest BCUT2D eigenvalue weighted by molar-refractivity contribution is 0.307. The Labute approximate surface area is 126 Å². The molecule has 1 heterocycles. The van der Waals surface area contributed by atoms with E-state index in [0.717, 1.165) is 0 Å². The van der Waals surface area contributed by atoms with E-state index in [1.807, 2.05) is 11.3 Å². The summed E-state index contributed by atoms with van der Waals surface area (Å²) in [7, 11) is 0. The van der Waals surface area contributed by atoms with Crippen molar-refractivity contribution in [1.29, 1.82) is 0 Å². The minimum atomic E-state index is 0.462. The molecule has 1 aliphatic rings. The molecule has 106 valence electrons. The first-order chi connectivity index (χ1) is 9.84. The third-order valence-electron chi connectivity index (χ3n) is 4.43. The fourth-order valence-corrected chi connectivity index (χ4v) is 4.11. The summed E-state index contributed by atoms with van der Waals surface area (Å²) in [6.45, 7) is 2.29. The Morgan fingerprint density at radius 2 is 1.85 bits per heavy atom. The van der Waals surface area contributed by atoms with Crippen molar-refractivity contribution in [3.05, 3.63) is 58.3 Å². The highest BCUT2D eigenvalue weighted by molar-refractivity contribution is 7.10. The number of nitrogens with one attached hydrogen (secondary N) is 1. The van der Waals surface area contributed by atoms with Gasteiger partial charge in [-0.2, -0.15) is 0 Å². The van der Waals surface area contributed by atoms with E-state index < -0.39 is 0 Å². The zero-order valence-electron chi connectivity index (χ0n) is 12.1. The van der Waals surface area contributed by atoms with Crippen molar-refractivity contribution in [3.63, 3.8) is 0 Å². The summed E-state index contributed by atoms with van der Waals surface area (Å²) in [4.78, 5) is 1.45. The summed E-state index contributed by atoms with van der Waals surface area (Å²) < 4.78 is 0. The first-order valence-electron chi connectivity index (χ1n) is 7.69. The molecule has 0 bridgehead atoms. The third-order valence-corrected chi connectivity index (χ3v) is 5.48. The van der Waals surface area contributed by atoms with Crippen molar-refractivity contribution in [3.8, 4) is 0 Å². The van der Waals surface area contributed by atoms with Gasteiger partial charge in [-0.3, -0.25) is 0 Å². The number of benzene rings is 1. The average molecular weight is 285 g/mol. The Morgan fingerprint density at radius 3 is 2.60 bits per heavy atom. The predicted octanol–water partition coefficient (Wildman–Crippen LogP) is 5.13. The van der Waals surface area contributed by atoms with Gasteiger partial charge in [0, 0.05) is 17.0 Å². The fraction of sp³-hybridized carbons (Fsp3) is 0.444. The first-order valence-corrected chi connectivity index (χ1v) is 8.57. The minimum Gasteiger partial charge on any atom is -0.306 e. The standard InChI is InChI=1S/C18H23NS/c1-14(18-12-7-13-20-18)19-17-11-6-5-10-16(17)15-8-3-2-4-9-15/h2-4,7-9,12-14,16-17,19H,5-6,10-11H2,1H3/t14-,16?,17?/m1/s1. The SMILES string of the molecule is C[C@@H](NC1CCCCC1c1ccccc1)c1cccs1. The van der Waals surface area contributed by atoms with Crippen molar-refractivity contribution in [1.82, 2.24) is 5.32 Å². The fourth-order valence-electron chi connectivity index (χ4n) is 3.37. The summed E-state index contributed by atoms with van der Waals surface area (Å²) in [5, 5.41) is 6.05. The van der Waals surface area contributed by atoms with Crippen LogP contribution in [0.15, 0.2) is 47.8 Å². The van der Waals surface area contributed by atoms with Gasteiger partial charge in [0.2, 0.25) is 0 Å². The van der Waals surface area contributed by atoms with Gasteiger partial charge < -0.3 is 5.32 Å². The molecule has 2 unspecified atom stereocenters. The molecule has 1 fully saturated rings. The molecule has 1 N–H and O–H groups in total. The second-order valence-electron chi connectivity index (χ2n) is 5.81. The van der Waals surface area contributed by atoms with Crippen LogP contribution in [0.1, 0.15) is 55.0 Å². The van der Waals surface area contributed by atoms with Crippen LogP contribution in [0.3, 0.4) is 0 Å². The van der Waals surface area contributed by atoms with Crippen molar-refractivity contribution in [2.75, 3.05) is 0 Å². The van der Waals surface area contributed by atoms with E-state index in [4.69, 9.17) is 0 Å². The summed E-state index contributed by atoms with van der Waals surface area (Å²) in [6, 6.07) is 16.5. The lowest BCUT2D eigenvalue weighted by Gasteiger charge is -2.34. The van der Waals surface area contributed by atoms with E-state index in [9.17, 15) is 0 Å². The molecule has 0 spiro atoms. The molecule has 0 radical (unpaired) electrons. The van der Waals surface area contributed by atoms with Gasteiger partial charge in [0.15, 0.2) is 0 Å². The maximum Gasteiger partial charge on any atom is 0.0388 e. The van der Waals surface area contributed by atoms with Crippen molar-refractivity contribution < 1.29 is 0 Å². The monoisotopic (exact) mass is 285 g/mol. The van der Waals surface area contributed by atoms with Crippen LogP contribution >= 0.6 is 11.3 Å². The Bertz CT molecular complexity index is 505. The van der Waals surface area contributed by atoms with Crippen LogP contribution in [0.5, 0.6) is 0 Å². The topological polar surface area (TPSA) is 12.0 Å². The first kappa shape index (κ1) is 13.8. The van der Waals surface area contributed by atoms with E-state index >= 15 is 0 Å². The highest BCUT2D eigenvalue weighted by Crippen LogP contribution is 2.34. The van der Waals surface area contributed by atoms with E-state index in [-0.39, 0.29) is 0 Å².